The Labute approximate surface area is 190 Å². The average Bonchev–Trinajstić information content (AvgIpc) is 2.98. The van der Waals surface area contributed by atoms with E-state index in [-0.39, 0.29) is 11.4 Å². The SMILES string of the molecule is N#Cc1ccc(N2C(=O)C3(CCC3)N(c3ccc(C(=O)NO)c(F)c3)C2S)cc1C(F)(F)F. The Bertz CT molecular complexity index is 1190. The van der Waals surface area contributed by atoms with Crippen LogP contribution < -0.4 is 15.3 Å². The van der Waals surface area contributed by atoms with Crippen molar-refractivity contribution in [1.82, 2.24) is 5.48 Å². The van der Waals surface area contributed by atoms with Crippen molar-refractivity contribution in [1.29, 1.82) is 5.26 Å². The largest absolute Gasteiger partial charge is 0.417 e. The summed E-state index contributed by atoms with van der Waals surface area (Å²) in [5.41, 5.74) is -2.97. The molecule has 0 aromatic heterocycles. The van der Waals surface area contributed by atoms with Crippen molar-refractivity contribution in [3.05, 3.63) is 58.9 Å². The molecule has 0 radical (unpaired) electrons. The van der Waals surface area contributed by atoms with E-state index in [9.17, 15) is 27.2 Å². The van der Waals surface area contributed by atoms with E-state index in [1.54, 1.807) is 0 Å². The van der Waals surface area contributed by atoms with Gasteiger partial charge in [0, 0.05) is 11.4 Å². The van der Waals surface area contributed by atoms with Crippen LogP contribution in [0.3, 0.4) is 0 Å². The first kappa shape index (κ1) is 22.9. The van der Waals surface area contributed by atoms with Crippen molar-refractivity contribution in [3.8, 4) is 6.07 Å². The van der Waals surface area contributed by atoms with Crippen LogP contribution in [0, 0.1) is 17.1 Å². The van der Waals surface area contributed by atoms with Gasteiger partial charge in [0.1, 0.15) is 11.4 Å². The van der Waals surface area contributed by atoms with Crippen molar-refractivity contribution in [2.24, 2.45) is 0 Å². The van der Waals surface area contributed by atoms with Gasteiger partial charge in [0.25, 0.3) is 11.8 Å². The minimum atomic E-state index is -4.81. The number of nitriles is 1. The molecule has 1 saturated carbocycles. The summed E-state index contributed by atoms with van der Waals surface area (Å²) < 4.78 is 55.0. The highest BCUT2D eigenvalue weighted by Crippen LogP contribution is 2.50. The number of hydrogen-bond acceptors (Lipinski definition) is 6. The highest BCUT2D eigenvalue weighted by molar-refractivity contribution is 7.81. The zero-order valence-electron chi connectivity index (χ0n) is 16.7. The van der Waals surface area contributed by atoms with Crippen LogP contribution in [0.2, 0.25) is 0 Å². The first-order chi connectivity index (χ1) is 15.5. The molecule has 2 aromatic rings. The molecular formula is C21H16F4N4O3S. The second-order valence-electron chi connectivity index (χ2n) is 7.72. The third-order valence-electron chi connectivity index (χ3n) is 6.00. The number of alkyl halides is 3. The Morgan fingerprint density at radius 1 is 1.21 bits per heavy atom. The van der Waals surface area contributed by atoms with Crippen LogP contribution in [0.5, 0.6) is 0 Å². The third-order valence-corrected chi connectivity index (χ3v) is 6.47. The van der Waals surface area contributed by atoms with Gasteiger partial charge in [-0.2, -0.15) is 18.4 Å². The van der Waals surface area contributed by atoms with Crippen LogP contribution in [0.25, 0.3) is 0 Å². The molecule has 1 saturated heterocycles. The molecule has 1 spiro atoms. The number of nitrogens with zero attached hydrogens (tertiary/aromatic N) is 3. The summed E-state index contributed by atoms with van der Waals surface area (Å²) in [6.07, 6.45) is -3.38. The van der Waals surface area contributed by atoms with Crippen LogP contribution >= 0.6 is 12.6 Å². The van der Waals surface area contributed by atoms with E-state index in [0.717, 1.165) is 29.2 Å². The molecule has 1 aliphatic heterocycles. The van der Waals surface area contributed by atoms with Crippen molar-refractivity contribution < 1.29 is 32.4 Å². The summed E-state index contributed by atoms with van der Waals surface area (Å²) in [4.78, 5) is 27.6. The molecule has 1 unspecified atom stereocenters. The first-order valence-corrected chi connectivity index (χ1v) is 10.2. The quantitative estimate of drug-likeness (QED) is 0.269. The van der Waals surface area contributed by atoms with Gasteiger partial charge in [0.05, 0.1) is 22.8 Å². The molecule has 0 bridgehead atoms. The molecule has 2 fully saturated rings. The average molecular weight is 480 g/mol. The van der Waals surface area contributed by atoms with Gasteiger partial charge in [-0.15, -0.1) is 12.6 Å². The molecule has 12 heteroatoms. The number of nitrogens with one attached hydrogen (secondary N) is 1. The number of amides is 2. The van der Waals surface area contributed by atoms with Gasteiger partial charge >= 0.3 is 6.18 Å². The Hall–Kier alpha value is -3.30. The smallest absolute Gasteiger partial charge is 0.327 e. The molecule has 1 heterocycles. The maximum Gasteiger partial charge on any atom is 0.417 e. The van der Waals surface area contributed by atoms with Gasteiger partial charge < -0.3 is 4.90 Å². The molecule has 1 atom stereocenters. The second kappa shape index (κ2) is 7.93. The molecule has 4 rings (SSSR count). The number of hydroxylamine groups is 1. The number of rotatable bonds is 3. The summed E-state index contributed by atoms with van der Waals surface area (Å²) in [5, 5.41) is 17.8. The predicted octanol–water partition coefficient (Wildman–Crippen LogP) is 3.82. The van der Waals surface area contributed by atoms with Gasteiger partial charge in [0.15, 0.2) is 5.50 Å². The summed E-state index contributed by atoms with van der Waals surface area (Å²) in [7, 11) is 0. The van der Waals surface area contributed by atoms with Crippen molar-refractivity contribution in [2.45, 2.75) is 36.5 Å². The predicted molar refractivity (Wildman–Crippen MR) is 111 cm³/mol. The fraction of sp³-hybridized carbons (Fsp3) is 0.286. The molecule has 1 aliphatic carbocycles. The molecule has 2 aromatic carbocycles. The van der Waals surface area contributed by atoms with E-state index < -0.39 is 51.5 Å². The van der Waals surface area contributed by atoms with E-state index >= 15 is 0 Å². The summed E-state index contributed by atoms with van der Waals surface area (Å²) in [5.74, 6) is -2.52. The minimum absolute atomic E-state index is 0.100. The highest BCUT2D eigenvalue weighted by Gasteiger charge is 2.60. The number of anilines is 2. The fourth-order valence-electron chi connectivity index (χ4n) is 4.28. The number of thiol groups is 1. The highest BCUT2D eigenvalue weighted by atomic mass is 32.1. The molecule has 33 heavy (non-hydrogen) atoms. The molecule has 2 aliphatic rings. The van der Waals surface area contributed by atoms with Crippen LogP contribution in [-0.4, -0.2) is 28.1 Å². The van der Waals surface area contributed by atoms with E-state index in [1.165, 1.54) is 28.6 Å². The summed E-state index contributed by atoms with van der Waals surface area (Å²) >= 11 is 4.48. The van der Waals surface area contributed by atoms with E-state index in [1.807, 2.05) is 0 Å². The number of hydrogen-bond donors (Lipinski definition) is 3. The maximum absolute atomic E-state index is 14.5. The van der Waals surface area contributed by atoms with Gasteiger partial charge in [-0.3, -0.25) is 19.7 Å². The molecule has 2 amide bonds. The Balaban J connectivity index is 1.79. The van der Waals surface area contributed by atoms with Crippen LogP contribution in [0.1, 0.15) is 40.7 Å². The lowest BCUT2D eigenvalue weighted by molar-refractivity contribution is -0.137. The number of halogens is 4. The molecular weight excluding hydrogens is 464 g/mol. The number of carbonyl (C=O) groups is 2. The second-order valence-corrected chi connectivity index (χ2v) is 8.18. The molecule has 2 N–H and O–H groups in total. The zero-order valence-corrected chi connectivity index (χ0v) is 17.6. The van der Waals surface area contributed by atoms with Crippen molar-refractivity contribution in [3.63, 3.8) is 0 Å². The van der Waals surface area contributed by atoms with Crippen LogP contribution in [-0.2, 0) is 11.0 Å². The number of benzene rings is 2. The Morgan fingerprint density at radius 2 is 1.88 bits per heavy atom. The normalized spacial score (nSPS) is 19.4. The Kier molecular flexibility index (Phi) is 5.50. The lowest BCUT2D eigenvalue weighted by Gasteiger charge is -2.44. The summed E-state index contributed by atoms with van der Waals surface area (Å²) in [6, 6.07) is 7.95. The zero-order chi connectivity index (χ0) is 24.1. The lowest BCUT2D eigenvalue weighted by atomic mass is 9.75. The van der Waals surface area contributed by atoms with Crippen LogP contribution in [0.4, 0.5) is 28.9 Å². The van der Waals surface area contributed by atoms with Gasteiger partial charge in [-0.1, -0.05) is 0 Å². The monoisotopic (exact) mass is 480 g/mol. The van der Waals surface area contributed by atoms with Gasteiger partial charge in [-0.05, 0) is 55.7 Å². The third kappa shape index (κ3) is 3.48. The lowest BCUT2D eigenvalue weighted by Crippen LogP contribution is -2.55. The van der Waals surface area contributed by atoms with Crippen molar-refractivity contribution >= 4 is 35.8 Å². The fourth-order valence-corrected chi connectivity index (χ4v) is 4.87. The van der Waals surface area contributed by atoms with Gasteiger partial charge in [-0.25, -0.2) is 9.87 Å². The topological polar surface area (TPSA) is 96.7 Å². The molecule has 172 valence electrons. The van der Waals surface area contributed by atoms with Crippen molar-refractivity contribution in [2.75, 3.05) is 9.80 Å². The van der Waals surface area contributed by atoms with E-state index in [2.05, 4.69) is 12.6 Å². The van der Waals surface area contributed by atoms with Gasteiger partial charge in [0.2, 0.25) is 0 Å². The molecule has 7 nitrogen and oxygen atoms in total. The summed E-state index contributed by atoms with van der Waals surface area (Å²) in [6.45, 7) is 0. The maximum atomic E-state index is 14.5. The van der Waals surface area contributed by atoms with E-state index in [4.69, 9.17) is 10.5 Å². The Morgan fingerprint density at radius 3 is 2.39 bits per heavy atom. The standard InChI is InChI=1S/C21H16F4N4O3S/c22-16-9-13(4-5-14(16)17(30)27-32)29-19(33)28(18(31)20(29)6-1-7-20)12-3-2-11(10-26)15(8-12)21(23,24)25/h2-5,8-9,19,32-33H,1,6-7H2,(H,27,30). The minimum Gasteiger partial charge on any atom is -0.327 e. The number of carbonyl (C=O) groups excluding carboxylic acids is 2. The van der Waals surface area contributed by atoms with Crippen LogP contribution in [0.15, 0.2) is 36.4 Å². The van der Waals surface area contributed by atoms with E-state index in [0.29, 0.717) is 19.3 Å². The first-order valence-electron chi connectivity index (χ1n) is 9.71.